The van der Waals surface area contributed by atoms with E-state index in [9.17, 15) is 4.79 Å². The molecule has 2 aromatic rings. The van der Waals surface area contributed by atoms with Crippen LogP contribution < -0.4 is 15.0 Å². The van der Waals surface area contributed by atoms with E-state index in [-0.39, 0.29) is 5.91 Å². The van der Waals surface area contributed by atoms with Crippen molar-refractivity contribution in [2.24, 2.45) is 0 Å². The van der Waals surface area contributed by atoms with Gasteiger partial charge < -0.3 is 15.0 Å². The van der Waals surface area contributed by atoms with Gasteiger partial charge >= 0.3 is 0 Å². The molecule has 2 aromatic carbocycles. The van der Waals surface area contributed by atoms with Crippen molar-refractivity contribution in [1.82, 2.24) is 0 Å². The molecule has 23 heavy (non-hydrogen) atoms. The Hall–Kier alpha value is -2.01. The van der Waals surface area contributed by atoms with E-state index in [4.69, 9.17) is 4.74 Å². The van der Waals surface area contributed by atoms with Gasteiger partial charge in [-0.2, -0.15) is 0 Å². The molecule has 0 radical (unpaired) electrons. The van der Waals surface area contributed by atoms with Crippen LogP contribution in [0.2, 0.25) is 0 Å². The summed E-state index contributed by atoms with van der Waals surface area (Å²) in [7, 11) is 1.81. The van der Waals surface area contributed by atoms with Crippen molar-refractivity contribution in [3.63, 3.8) is 0 Å². The summed E-state index contributed by atoms with van der Waals surface area (Å²) in [6.07, 6.45) is 0. The summed E-state index contributed by atoms with van der Waals surface area (Å²) >= 11 is 3.58. The van der Waals surface area contributed by atoms with Crippen LogP contribution in [0.1, 0.15) is 19.4 Å². The number of anilines is 2. The zero-order valence-corrected chi connectivity index (χ0v) is 15.0. The average Bonchev–Trinajstić information content (AvgIpc) is 2.53. The van der Waals surface area contributed by atoms with Gasteiger partial charge in [0.25, 0.3) is 5.91 Å². The number of para-hydroxylation sites is 1. The summed E-state index contributed by atoms with van der Waals surface area (Å²) in [4.78, 5) is 14.3. The summed E-state index contributed by atoms with van der Waals surface area (Å²) in [6.45, 7) is 4.15. The third-order valence-electron chi connectivity index (χ3n) is 3.97. The lowest BCUT2D eigenvalue weighted by molar-refractivity contribution is -0.121. The van der Waals surface area contributed by atoms with Gasteiger partial charge in [-0.1, -0.05) is 34.1 Å². The van der Waals surface area contributed by atoms with E-state index >= 15 is 0 Å². The Labute approximate surface area is 144 Å². The van der Waals surface area contributed by atoms with Crippen molar-refractivity contribution in [2.45, 2.75) is 26.0 Å². The van der Waals surface area contributed by atoms with Gasteiger partial charge in [0.15, 0.2) is 0 Å². The third kappa shape index (κ3) is 2.93. The van der Waals surface area contributed by atoms with Crippen LogP contribution in [0.25, 0.3) is 0 Å². The van der Waals surface area contributed by atoms with Gasteiger partial charge in [0.2, 0.25) is 0 Å². The molecule has 0 fully saturated rings. The van der Waals surface area contributed by atoms with Crippen LogP contribution in [0.4, 0.5) is 11.4 Å². The average molecular weight is 375 g/mol. The number of benzene rings is 2. The monoisotopic (exact) mass is 374 g/mol. The molecule has 0 aromatic heterocycles. The number of fused-ring (bicyclic) bond motifs is 1. The molecule has 0 atom stereocenters. The molecule has 0 aliphatic carbocycles. The molecule has 0 saturated carbocycles. The van der Waals surface area contributed by atoms with E-state index in [0.29, 0.717) is 6.61 Å². The lowest BCUT2D eigenvalue weighted by Crippen LogP contribution is -2.52. The highest BCUT2D eigenvalue weighted by Gasteiger charge is 2.38. The Bertz CT molecular complexity index is 744. The van der Waals surface area contributed by atoms with Gasteiger partial charge in [-0.15, -0.1) is 0 Å². The summed E-state index contributed by atoms with van der Waals surface area (Å²) in [5.41, 5.74) is 2.13. The van der Waals surface area contributed by atoms with Crippen LogP contribution in [0.5, 0.6) is 5.75 Å². The van der Waals surface area contributed by atoms with Crippen molar-refractivity contribution < 1.29 is 9.53 Å². The van der Waals surface area contributed by atoms with Crippen LogP contribution in [0.15, 0.2) is 46.9 Å². The fourth-order valence-corrected chi connectivity index (χ4v) is 3.25. The fraction of sp³-hybridized carbons (Fsp3) is 0.278. The molecule has 0 spiro atoms. The van der Waals surface area contributed by atoms with E-state index in [1.807, 2.05) is 63.4 Å². The number of ether oxygens (including phenoxy) is 1. The van der Waals surface area contributed by atoms with Crippen molar-refractivity contribution in [2.75, 3.05) is 17.3 Å². The molecular weight excluding hydrogens is 356 g/mol. The predicted octanol–water partition coefficient (Wildman–Crippen LogP) is 4.20. The predicted molar refractivity (Wildman–Crippen MR) is 96.0 cm³/mol. The number of hydrogen-bond donors (Lipinski definition) is 1. The normalized spacial score (nSPS) is 15.8. The van der Waals surface area contributed by atoms with E-state index in [1.54, 1.807) is 4.90 Å². The second kappa shape index (κ2) is 5.89. The number of nitrogens with zero attached hydrogens (tertiary/aromatic N) is 1. The minimum absolute atomic E-state index is 0.0315. The maximum Gasteiger partial charge on any atom is 0.251 e. The minimum atomic E-state index is -0.618. The highest BCUT2D eigenvalue weighted by Crippen LogP contribution is 2.40. The first-order chi connectivity index (χ1) is 10.9. The van der Waals surface area contributed by atoms with E-state index in [2.05, 4.69) is 21.2 Å². The summed E-state index contributed by atoms with van der Waals surface area (Å²) in [5, 5.41) is 3.31. The van der Waals surface area contributed by atoms with Gasteiger partial charge in [-0.3, -0.25) is 4.79 Å². The second-order valence-corrected chi connectivity index (χ2v) is 6.99. The molecule has 3 rings (SSSR count). The van der Waals surface area contributed by atoms with Gasteiger partial charge in [0.05, 0.1) is 11.4 Å². The Kier molecular flexibility index (Phi) is 4.06. The fourth-order valence-electron chi connectivity index (χ4n) is 2.82. The lowest BCUT2D eigenvalue weighted by atomic mass is 9.97. The molecule has 1 aliphatic heterocycles. The van der Waals surface area contributed by atoms with Crippen LogP contribution in [0, 0.1) is 0 Å². The standard InChI is InChI=1S/C18H19BrN2O2/c1-18(2)17(22)21(3)16-13(14(19)9-10-15(16)20-18)11-23-12-7-5-4-6-8-12/h4-10,20H,11H2,1-3H3. The van der Waals surface area contributed by atoms with Gasteiger partial charge in [0, 0.05) is 17.1 Å². The van der Waals surface area contributed by atoms with Crippen molar-refractivity contribution in [1.29, 1.82) is 0 Å². The molecule has 1 aliphatic rings. The van der Waals surface area contributed by atoms with Crippen molar-refractivity contribution in [3.8, 4) is 5.75 Å². The minimum Gasteiger partial charge on any atom is -0.489 e. The van der Waals surface area contributed by atoms with Crippen LogP contribution >= 0.6 is 15.9 Å². The molecule has 1 heterocycles. The first kappa shape index (κ1) is 15.9. The Morgan fingerprint density at radius 1 is 1.17 bits per heavy atom. The molecule has 4 nitrogen and oxygen atoms in total. The van der Waals surface area contributed by atoms with E-state index in [1.165, 1.54) is 0 Å². The quantitative estimate of drug-likeness (QED) is 0.875. The first-order valence-corrected chi connectivity index (χ1v) is 8.25. The largest absolute Gasteiger partial charge is 0.489 e. The highest BCUT2D eigenvalue weighted by molar-refractivity contribution is 9.10. The summed E-state index contributed by atoms with van der Waals surface area (Å²) in [6, 6.07) is 13.6. The maximum absolute atomic E-state index is 12.6. The number of halogens is 1. The number of nitrogens with one attached hydrogen (secondary N) is 1. The second-order valence-electron chi connectivity index (χ2n) is 6.14. The maximum atomic E-state index is 12.6. The van der Waals surface area contributed by atoms with Crippen LogP contribution in [-0.4, -0.2) is 18.5 Å². The van der Waals surface area contributed by atoms with Gasteiger partial charge in [-0.25, -0.2) is 0 Å². The Balaban J connectivity index is 1.97. The molecule has 1 amide bonds. The first-order valence-electron chi connectivity index (χ1n) is 7.46. The molecule has 0 saturated heterocycles. The molecule has 1 N–H and O–H groups in total. The molecular formula is C18H19BrN2O2. The number of likely N-dealkylation sites (N-methyl/N-ethyl adjacent to an activating group) is 1. The molecule has 0 unspecified atom stereocenters. The number of amides is 1. The van der Waals surface area contributed by atoms with Gasteiger partial charge in [-0.05, 0) is 38.1 Å². The zero-order chi connectivity index (χ0) is 16.6. The highest BCUT2D eigenvalue weighted by atomic mass is 79.9. The molecule has 5 heteroatoms. The SMILES string of the molecule is CN1C(=O)C(C)(C)Nc2ccc(Br)c(COc3ccccc3)c21. The topological polar surface area (TPSA) is 41.6 Å². The number of hydrogen-bond acceptors (Lipinski definition) is 3. The van der Waals surface area contributed by atoms with Crippen molar-refractivity contribution >= 4 is 33.2 Å². The van der Waals surface area contributed by atoms with E-state index < -0.39 is 5.54 Å². The Morgan fingerprint density at radius 3 is 2.57 bits per heavy atom. The Morgan fingerprint density at radius 2 is 1.87 bits per heavy atom. The zero-order valence-electron chi connectivity index (χ0n) is 13.4. The summed E-state index contributed by atoms with van der Waals surface area (Å²) in [5.74, 6) is 0.833. The summed E-state index contributed by atoms with van der Waals surface area (Å²) < 4.78 is 6.80. The lowest BCUT2D eigenvalue weighted by Gasteiger charge is -2.39. The molecule has 0 bridgehead atoms. The van der Waals surface area contributed by atoms with Crippen LogP contribution in [0.3, 0.4) is 0 Å². The van der Waals surface area contributed by atoms with Crippen molar-refractivity contribution in [3.05, 3.63) is 52.5 Å². The number of carbonyl (C=O) groups excluding carboxylic acids is 1. The number of rotatable bonds is 3. The van der Waals surface area contributed by atoms with E-state index in [0.717, 1.165) is 27.2 Å². The number of carbonyl (C=O) groups is 1. The van der Waals surface area contributed by atoms with Crippen LogP contribution in [-0.2, 0) is 11.4 Å². The third-order valence-corrected chi connectivity index (χ3v) is 4.72. The smallest absolute Gasteiger partial charge is 0.251 e. The molecule has 120 valence electrons. The van der Waals surface area contributed by atoms with Gasteiger partial charge in [0.1, 0.15) is 17.9 Å².